The average molecular weight is 207 g/mol. The van der Waals surface area contributed by atoms with Gasteiger partial charge in [0.05, 0.1) is 12.6 Å². The van der Waals surface area contributed by atoms with Crippen LogP contribution >= 0.6 is 11.3 Å². The molecule has 1 aromatic heterocycles. The van der Waals surface area contributed by atoms with Gasteiger partial charge >= 0.3 is 0 Å². The van der Waals surface area contributed by atoms with Crippen LogP contribution in [0.2, 0.25) is 0 Å². The molecular weight excluding hydrogens is 194 g/mol. The third kappa shape index (κ3) is 1.66. The van der Waals surface area contributed by atoms with Crippen LogP contribution in [0.1, 0.15) is 10.9 Å². The smallest absolute Gasteiger partial charge is 0.0647 e. The van der Waals surface area contributed by atoms with Crippen LogP contribution in [0.15, 0.2) is 30.3 Å². The van der Waals surface area contributed by atoms with Crippen LogP contribution in [0.4, 0.5) is 0 Å². The first-order chi connectivity index (χ1) is 6.85. The number of nitrogens with one attached hydrogen (secondary N) is 1. The van der Waals surface area contributed by atoms with Crippen LogP contribution in [0.3, 0.4) is 0 Å². The van der Waals surface area contributed by atoms with Crippen molar-refractivity contribution in [2.75, 3.05) is 13.7 Å². The SMILES string of the molecule is CNC(CO)c1cc2ccccc2s1. The lowest BCUT2D eigenvalue weighted by atomic mass is 10.2. The van der Waals surface area contributed by atoms with Gasteiger partial charge in [-0.25, -0.2) is 0 Å². The van der Waals surface area contributed by atoms with Crippen molar-refractivity contribution in [1.82, 2.24) is 5.32 Å². The summed E-state index contributed by atoms with van der Waals surface area (Å²) in [5, 5.41) is 13.5. The summed E-state index contributed by atoms with van der Waals surface area (Å²) in [4.78, 5) is 1.19. The molecule has 0 saturated carbocycles. The predicted octanol–water partition coefficient (Wildman–Crippen LogP) is 2.15. The zero-order chi connectivity index (χ0) is 9.97. The summed E-state index contributed by atoms with van der Waals surface area (Å²) in [5.74, 6) is 0. The molecule has 2 nitrogen and oxygen atoms in total. The zero-order valence-electron chi connectivity index (χ0n) is 8.03. The minimum absolute atomic E-state index is 0.0624. The Hall–Kier alpha value is -0.900. The van der Waals surface area contributed by atoms with E-state index in [2.05, 4.69) is 23.5 Å². The Labute approximate surface area is 87.2 Å². The number of hydrogen-bond donors (Lipinski definition) is 2. The second kappa shape index (κ2) is 4.09. The van der Waals surface area contributed by atoms with Gasteiger partial charge in [0.2, 0.25) is 0 Å². The third-order valence-electron chi connectivity index (χ3n) is 2.32. The normalized spacial score (nSPS) is 13.3. The zero-order valence-corrected chi connectivity index (χ0v) is 8.84. The van der Waals surface area contributed by atoms with Gasteiger partial charge in [-0.3, -0.25) is 0 Å². The van der Waals surface area contributed by atoms with Crippen molar-refractivity contribution in [2.24, 2.45) is 0 Å². The van der Waals surface area contributed by atoms with E-state index in [-0.39, 0.29) is 12.6 Å². The molecule has 0 aliphatic heterocycles. The molecule has 2 aromatic rings. The van der Waals surface area contributed by atoms with Crippen molar-refractivity contribution in [1.29, 1.82) is 0 Å². The predicted molar refractivity (Wildman–Crippen MR) is 60.7 cm³/mol. The monoisotopic (exact) mass is 207 g/mol. The van der Waals surface area contributed by atoms with Gasteiger partial charge in [-0.15, -0.1) is 11.3 Å². The van der Waals surface area contributed by atoms with Gasteiger partial charge in [0, 0.05) is 9.58 Å². The molecule has 1 aromatic carbocycles. The highest BCUT2D eigenvalue weighted by atomic mass is 32.1. The number of rotatable bonds is 3. The largest absolute Gasteiger partial charge is 0.394 e. The second-order valence-corrected chi connectivity index (χ2v) is 4.33. The van der Waals surface area contributed by atoms with Crippen LogP contribution in [-0.4, -0.2) is 18.8 Å². The molecule has 0 aliphatic carbocycles. The molecule has 2 N–H and O–H groups in total. The Bertz CT molecular complexity index is 387. The van der Waals surface area contributed by atoms with Gasteiger partial charge in [0.15, 0.2) is 0 Å². The fourth-order valence-corrected chi connectivity index (χ4v) is 2.66. The molecule has 0 aliphatic rings. The molecule has 0 spiro atoms. The molecule has 1 atom stereocenters. The molecule has 3 heteroatoms. The van der Waals surface area contributed by atoms with Gasteiger partial charge in [0.25, 0.3) is 0 Å². The second-order valence-electron chi connectivity index (χ2n) is 3.21. The Kier molecular flexibility index (Phi) is 2.82. The number of likely N-dealkylation sites (N-methyl/N-ethyl adjacent to an activating group) is 1. The molecule has 0 radical (unpaired) electrons. The molecule has 1 heterocycles. The summed E-state index contributed by atoms with van der Waals surface area (Å²) in [6.45, 7) is 0.142. The summed E-state index contributed by atoms with van der Waals surface area (Å²) in [6, 6.07) is 10.5. The van der Waals surface area contributed by atoms with Crippen molar-refractivity contribution in [3.63, 3.8) is 0 Å². The molecule has 1 unspecified atom stereocenters. The van der Waals surface area contributed by atoms with Gasteiger partial charge < -0.3 is 10.4 Å². The number of thiophene rings is 1. The van der Waals surface area contributed by atoms with Crippen molar-refractivity contribution in [3.05, 3.63) is 35.2 Å². The van der Waals surface area contributed by atoms with E-state index in [1.54, 1.807) is 11.3 Å². The fourth-order valence-electron chi connectivity index (χ4n) is 1.50. The first-order valence-corrected chi connectivity index (χ1v) is 5.43. The van der Waals surface area contributed by atoms with Crippen molar-refractivity contribution in [2.45, 2.75) is 6.04 Å². The number of aliphatic hydroxyl groups is 1. The van der Waals surface area contributed by atoms with Gasteiger partial charge in [-0.2, -0.15) is 0 Å². The van der Waals surface area contributed by atoms with E-state index in [1.165, 1.54) is 15.0 Å². The number of aliphatic hydroxyl groups excluding tert-OH is 1. The maximum atomic E-state index is 9.15. The maximum absolute atomic E-state index is 9.15. The highest BCUT2D eigenvalue weighted by Crippen LogP contribution is 2.29. The first kappa shape index (κ1) is 9.65. The van der Waals surface area contributed by atoms with Crippen LogP contribution in [0, 0.1) is 0 Å². The number of hydrogen-bond acceptors (Lipinski definition) is 3. The minimum Gasteiger partial charge on any atom is -0.394 e. The molecule has 14 heavy (non-hydrogen) atoms. The van der Waals surface area contributed by atoms with Crippen LogP contribution < -0.4 is 5.32 Å². The summed E-state index contributed by atoms with van der Waals surface area (Å²) in [7, 11) is 1.87. The lowest BCUT2D eigenvalue weighted by Gasteiger charge is -2.09. The van der Waals surface area contributed by atoms with Gasteiger partial charge in [-0.05, 0) is 24.6 Å². The molecule has 0 saturated heterocycles. The number of benzene rings is 1. The molecule has 0 bridgehead atoms. The van der Waals surface area contributed by atoms with E-state index in [0.29, 0.717) is 0 Å². The third-order valence-corrected chi connectivity index (χ3v) is 3.55. The molecule has 2 rings (SSSR count). The van der Waals surface area contributed by atoms with Crippen LogP contribution in [-0.2, 0) is 0 Å². The van der Waals surface area contributed by atoms with Crippen molar-refractivity contribution < 1.29 is 5.11 Å². The Balaban J connectivity index is 2.43. The number of fused-ring (bicyclic) bond motifs is 1. The van der Waals surface area contributed by atoms with Gasteiger partial charge in [-0.1, -0.05) is 18.2 Å². The summed E-state index contributed by atoms with van der Waals surface area (Å²) in [5.41, 5.74) is 0. The van der Waals surface area contributed by atoms with Crippen molar-refractivity contribution >= 4 is 21.4 Å². The maximum Gasteiger partial charge on any atom is 0.0647 e. The standard InChI is InChI=1S/C11H13NOS/c1-12-9(7-13)11-6-8-4-2-3-5-10(8)14-11/h2-6,9,12-13H,7H2,1H3. The summed E-state index contributed by atoms with van der Waals surface area (Å²) in [6.07, 6.45) is 0. The average Bonchev–Trinajstić information content (AvgIpc) is 2.63. The Morgan fingerprint density at radius 2 is 2.21 bits per heavy atom. The molecule has 0 amide bonds. The van der Waals surface area contributed by atoms with E-state index < -0.39 is 0 Å². The summed E-state index contributed by atoms with van der Waals surface area (Å²) >= 11 is 1.73. The van der Waals surface area contributed by atoms with Gasteiger partial charge in [0.1, 0.15) is 0 Å². The highest BCUT2D eigenvalue weighted by Gasteiger charge is 2.10. The summed E-state index contributed by atoms with van der Waals surface area (Å²) < 4.78 is 1.27. The van der Waals surface area contributed by atoms with E-state index in [9.17, 15) is 0 Å². The minimum atomic E-state index is 0.0624. The topological polar surface area (TPSA) is 32.3 Å². The van der Waals surface area contributed by atoms with E-state index in [0.717, 1.165) is 0 Å². The Morgan fingerprint density at radius 3 is 2.86 bits per heavy atom. The fraction of sp³-hybridized carbons (Fsp3) is 0.273. The quantitative estimate of drug-likeness (QED) is 0.808. The van der Waals surface area contributed by atoms with Crippen LogP contribution in [0.25, 0.3) is 10.1 Å². The van der Waals surface area contributed by atoms with Crippen molar-refractivity contribution in [3.8, 4) is 0 Å². The first-order valence-electron chi connectivity index (χ1n) is 4.61. The highest BCUT2D eigenvalue weighted by molar-refractivity contribution is 7.19. The molecule has 0 fully saturated rings. The Morgan fingerprint density at radius 1 is 1.43 bits per heavy atom. The lowest BCUT2D eigenvalue weighted by molar-refractivity contribution is 0.253. The van der Waals surface area contributed by atoms with E-state index >= 15 is 0 Å². The van der Waals surface area contributed by atoms with Crippen LogP contribution in [0.5, 0.6) is 0 Å². The molecular formula is C11H13NOS. The van der Waals surface area contributed by atoms with E-state index in [4.69, 9.17) is 5.11 Å². The lowest BCUT2D eigenvalue weighted by Crippen LogP contribution is -2.18. The molecule has 74 valence electrons. The van der Waals surface area contributed by atoms with E-state index in [1.807, 2.05) is 19.2 Å².